The lowest BCUT2D eigenvalue weighted by Gasteiger charge is -2.13. The first-order valence-corrected chi connectivity index (χ1v) is 10.1. The lowest BCUT2D eigenvalue weighted by Crippen LogP contribution is -2.39. The number of halogens is 1. The predicted octanol–water partition coefficient (Wildman–Crippen LogP) is 4.23. The molecule has 0 spiro atoms. The van der Waals surface area contributed by atoms with Gasteiger partial charge in [-0.2, -0.15) is 0 Å². The van der Waals surface area contributed by atoms with Crippen molar-refractivity contribution in [3.05, 3.63) is 69.9 Å². The highest BCUT2D eigenvalue weighted by atomic mass is 79.9. The van der Waals surface area contributed by atoms with Crippen LogP contribution < -0.4 is 5.32 Å². The molecule has 0 aliphatic rings. The number of fused-ring (bicyclic) bond motifs is 1. The summed E-state index contributed by atoms with van der Waals surface area (Å²) in [5.74, 6) is -1.68. The summed E-state index contributed by atoms with van der Waals surface area (Å²) in [5, 5.41) is 3.22. The maximum absolute atomic E-state index is 12.4. The van der Waals surface area contributed by atoms with Crippen molar-refractivity contribution in [2.45, 2.75) is 26.5 Å². The molecule has 0 radical (unpaired) electrons. The number of benzene rings is 2. The molecule has 1 atom stereocenters. The smallest absolute Gasteiger partial charge is 0.374 e. The third-order valence-corrected chi connectivity index (χ3v) is 4.80. The molecule has 1 amide bonds. The summed E-state index contributed by atoms with van der Waals surface area (Å²) in [5.41, 5.74) is 1.31. The van der Waals surface area contributed by atoms with Crippen molar-refractivity contribution in [1.82, 2.24) is 5.32 Å². The Morgan fingerprint density at radius 1 is 1.10 bits per heavy atom. The minimum absolute atomic E-state index is 0.0151. The molecule has 1 N–H and O–H groups in total. The van der Waals surface area contributed by atoms with Crippen molar-refractivity contribution in [3.63, 3.8) is 0 Å². The Morgan fingerprint density at radius 3 is 2.53 bits per heavy atom. The summed E-state index contributed by atoms with van der Waals surface area (Å²) < 4.78 is 16.8. The summed E-state index contributed by atoms with van der Waals surface area (Å²) in [6.07, 6.45) is 0. The van der Waals surface area contributed by atoms with Gasteiger partial charge in [0.05, 0.1) is 12.2 Å². The standard InChI is InChI=1S/C22H20BrNO6/c1-3-28-22(27)19-17(16-11-15(23)9-10-18(16)30-19)12-29-21(26)13(2)24-20(25)14-7-5-4-6-8-14/h4-11,13H,3,12H2,1-2H3,(H,24,25)/t13-/m0/s1. The first-order chi connectivity index (χ1) is 14.4. The molecule has 156 valence electrons. The van der Waals surface area contributed by atoms with E-state index in [2.05, 4.69) is 21.2 Å². The molecule has 0 saturated carbocycles. The van der Waals surface area contributed by atoms with E-state index in [1.54, 1.807) is 55.5 Å². The molecule has 2 aromatic carbocycles. The second-order valence-corrected chi connectivity index (χ2v) is 7.36. The quantitative estimate of drug-likeness (QED) is 0.515. The number of rotatable bonds is 7. The number of carbonyl (C=O) groups is 3. The number of nitrogens with one attached hydrogen (secondary N) is 1. The molecule has 1 heterocycles. The van der Waals surface area contributed by atoms with Gasteiger partial charge >= 0.3 is 11.9 Å². The zero-order valence-corrected chi connectivity index (χ0v) is 18.0. The highest BCUT2D eigenvalue weighted by molar-refractivity contribution is 9.10. The summed E-state index contributed by atoms with van der Waals surface area (Å²) in [6, 6.07) is 12.9. The van der Waals surface area contributed by atoms with Crippen LogP contribution in [0.15, 0.2) is 57.4 Å². The molecule has 0 saturated heterocycles. The van der Waals surface area contributed by atoms with E-state index in [-0.39, 0.29) is 24.9 Å². The molecule has 0 fully saturated rings. The Bertz CT molecular complexity index is 1080. The molecule has 3 aromatic rings. The number of hydrogen-bond donors (Lipinski definition) is 1. The fourth-order valence-corrected chi connectivity index (χ4v) is 3.18. The van der Waals surface area contributed by atoms with Crippen molar-refractivity contribution in [1.29, 1.82) is 0 Å². The minimum Gasteiger partial charge on any atom is -0.460 e. The SMILES string of the molecule is CCOC(=O)c1oc2ccc(Br)cc2c1COC(=O)[C@H](C)NC(=O)c1ccccc1. The van der Waals surface area contributed by atoms with E-state index in [0.717, 1.165) is 4.47 Å². The Morgan fingerprint density at radius 2 is 1.83 bits per heavy atom. The van der Waals surface area contributed by atoms with Crippen LogP contribution in [0.5, 0.6) is 0 Å². The Labute approximate surface area is 181 Å². The number of esters is 2. The first kappa shape index (κ1) is 21.6. The van der Waals surface area contributed by atoms with Crippen LogP contribution in [0.4, 0.5) is 0 Å². The van der Waals surface area contributed by atoms with Crippen molar-refractivity contribution < 1.29 is 28.3 Å². The molecule has 0 aliphatic heterocycles. The zero-order chi connectivity index (χ0) is 21.7. The molecule has 0 aliphatic carbocycles. The Balaban J connectivity index is 1.74. The van der Waals surface area contributed by atoms with Gasteiger partial charge in [-0.05, 0) is 44.2 Å². The van der Waals surface area contributed by atoms with Gasteiger partial charge in [-0.1, -0.05) is 34.1 Å². The van der Waals surface area contributed by atoms with Gasteiger partial charge in [0.1, 0.15) is 18.2 Å². The number of hydrogen-bond acceptors (Lipinski definition) is 6. The number of carbonyl (C=O) groups excluding carboxylic acids is 3. The number of amides is 1. The first-order valence-electron chi connectivity index (χ1n) is 9.31. The molecular weight excluding hydrogens is 454 g/mol. The fourth-order valence-electron chi connectivity index (χ4n) is 2.82. The minimum atomic E-state index is -0.881. The molecule has 8 heteroatoms. The lowest BCUT2D eigenvalue weighted by atomic mass is 10.1. The normalized spacial score (nSPS) is 11.7. The fraction of sp³-hybridized carbons (Fsp3) is 0.227. The Hall–Kier alpha value is -3.13. The van der Waals surface area contributed by atoms with Crippen LogP contribution in [-0.4, -0.2) is 30.5 Å². The van der Waals surface area contributed by atoms with E-state index in [4.69, 9.17) is 13.9 Å². The second kappa shape index (κ2) is 9.58. The van der Waals surface area contributed by atoms with E-state index < -0.39 is 18.0 Å². The van der Waals surface area contributed by atoms with Crippen molar-refractivity contribution in [2.24, 2.45) is 0 Å². The van der Waals surface area contributed by atoms with Gasteiger partial charge in [-0.3, -0.25) is 4.79 Å². The van der Waals surface area contributed by atoms with Crippen LogP contribution in [0.3, 0.4) is 0 Å². The highest BCUT2D eigenvalue weighted by Gasteiger charge is 2.24. The molecule has 3 rings (SSSR count). The third-order valence-electron chi connectivity index (χ3n) is 4.31. The van der Waals surface area contributed by atoms with Gasteiger partial charge in [-0.15, -0.1) is 0 Å². The summed E-state index contributed by atoms with van der Waals surface area (Å²) in [7, 11) is 0. The van der Waals surface area contributed by atoms with Crippen molar-refractivity contribution in [2.75, 3.05) is 6.61 Å². The van der Waals surface area contributed by atoms with Crippen molar-refractivity contribution in [3.8, 4) is 0 Å². The molecule has 0 bridgehead atoms. The van der Waals surface area contributed by atoms with E-state index in [1.807, 2.05) is 0 Å². The van der Waals surface area contributed by atoms with Gasteiger partial charge in [0, 0.05) is 15.4 Å². The van der Waals surface area contributed by atoms with Gasteiger partial charge in [0.15, 0.2) is 0 Å². The van der Waals surface area contributed by atoms with Crippen molar-refractivity contribution >= 4 is 44.7 Å². The van der Waals surface area contributed by atoms with Crippen LogP contribution >= 0.6 is 15.9 Å². The zero-order valence-electron chi connectivity index (χ0n) is 16.4. The molecule has 30 heavy (non-hydrogen) atoms. The van der Waals surface area contributed by atoms with Gasteiger partial charge < -0.3 is 19.2 Å². The predicted molar refractivity (Wildman–Crippen MR) is 113 cm³/mol. The van der Waals surface area contributed by atoms with Crippen LogP contribution in [0, 0.1) is 0 Å². The topological polar surface area (TPSA) is 94.8 Å². The van der Waals surface area contributed by atoms with E-state index in [1.165, 1.54) is 6.92 Å². The van der Waals surface area contributed by atoms with Crippen LogP contribution in [0.2, 0.25) is 0 Å². The molecule has 7 nitrogen and oxygen atoms in total. The maximum atomic E-state index is 12.4. The van der Waals surface area contributed by atoms with Gasteiger partial charge in [-0.25, -0.2) is 9.59 Å². The van der Waals surface area contributed by atoms with E-state index in [9.17, 15) is 14.4 Å². The van der Waals surface area contributed by atoms with Gasteiger partial charge in [0.2, 0.25) is 5.76 Å². The lowest BCUT2D eigenvalue weighted by molar-refractivity contribution is -0.146. The Kier molecular flexibility index (Phi) is 6.89. The maximum Gasteiger partial charge on any atom is 0.374 e. The largest absolute Gasteiger partial charge is 0.460 e. The second-order valence-electron chi connectivity index (χ2n) is 6.44. The average Bonchev–Trinajstić information content (AvgIpc) is 3.10. The van der Waals surface area contributed by atoms with E-state index >= 15 is 0 Å². The molecule has 1 aromatic heterocycles. The average molecular weight is 474 g/mol. The molecular formula is C22H20BrNO6. The third kappa shape index (κ3) is 4.88. The van der Waals surface area contributed by atoms with Crippen LogP contribution in [-0.2, 0) is 20.9 Å². The summed E-state index contributed by atoms with van der Waals surface area (Å²) in [6.45, 7) is 3.19. The monoisotopic (exact) mass is 473 g/mol. The molecule has 0 unspecified atom stereocenters. The number of ether oxygens (including phenoxy) is 2. The highest BCUT2D eigenvalue weighted by Crippen LogP contribution is 2.30. The van der Waals surface area contributed by atoms with E-state index in [0.29, 0.717) is 22.1 Å². The summed E-state index contributed by atoms with van der Waals surface area (Å²) >= 11 is 3.38. The number of furan rings is 1. The van der Waals surface area contributed by atoms with Gasteiger partial charge in [0.25, 0.3) is 5.91 Å². The van der Waals surface area contributed by atoms with Crippen LogP contribution in [0.1, 0.15) is 40.3 Å². The van der Waals surface area contributed by atoms with Crippen LogP contribution in [0.25, 0.3) is 11.0 Å². The summed E-state index contributed by atoms with van der Waals surface area (Å²) in [4.78, 5) is 36.9.